The van der Waals surface area contributed by atoms with E-state index in [-0.39, 0.29) is 29.3 Å². The number of hydrogen-bond donors (Lipinski definition) is 0. The van der Waals surface area contributed by atoms with E-state index in [2.05, 4.69) is 11.8 Å². The second kappa shape index (κ2) is 8.72. The molecule has 1 aliphatic heterocycles. The Morgan fingerprint density at radius 3 is 2.53 bits per heavy atom. The molecular formula is C24H27F2NO3. The number of rotatable bonds is 6. The molecule has 2 fully saturated rings. The van der Waals surface area contributed by atoms with E-state index in [0.29, 0.717) is 12.5 Å². The number of piperidine rings is 1. The van der Waals surface area contributed by atoms with Gasteiger partial charge in [0.05, 0.1) is 12.7 Å². The molecule has 1 heterocycles. The normalized spacial score (nSPS) is 20.6. The Labute approximate surface area is 175 Å². The van der Waals surface area contributed by atoms with Crippen LogP contribution >= 0.6 is 0 Å². The first-order chi connectivity index (χ1) is 14.5. The lowest BCUT2D eigenvalue weighted by Crippen LogP contribution is -2.42. The molecule has 2 atom stereocenters. The molecular weight excluding hydrogens is 388 g/mol. The molecule has 0 amide bonds. The number of ether oxygens (including phenoxy) is 2. The van der Waals surface area contributed by atoms with Crippen LogP contribution in [0.15, 0.2) is 36.4 Å². The molecule has 2 aromatic carbocycles. The number of carbonyl (C=O) groups is 1. The van der Waals surface area contributed by atoms with Gasteiger partial charge in [0.15, 0.2) is 11.6 Å². The van der Waals surface area contributed by atoms with Gasteiger partial charge < -0.3 is 9.47 Å². The molecule has 1 saturated carbocycles. The number of esters is 1. The van der Waals surface area contributed by atoms with Gasteiger partial charge in [-0.1, -0.05) is 12.1 Å². The van der Waals surface area contributed by atoms with Gasteiger partial charge in [0.25, 0.3) is 0 Å². The fraction of sp³-hybridized carbons (Fsp3) is 0.458. The van der Waals surface area contributed by atoms with Crippen molar-refractivity contribution in [3.8, 4) is 5.75 Å². The van der Waals surface area contributed by atoms with Gasteiger partial charge in [-0.3, -0.25) is 4.90 Å². The molecule has 160 valence electrons. The lowest BCUT2D eigenvalue weighted by Gasteiger charge is -2.37. The van der Waals surface area contributed by atoms with Crippen molar-refractivity contribution in [2.75, 3.05) is 20.2 Å². The van der Waals surface area contributed by atoms with Gasteiger partial charge in [0, 0.05) is 12.6 Å². The van der Waals surface area contributed by atoms with Crippen molar-refractivity contribution >= 4 is 5.97 Å². The maximum absolute atomic E-state index is 15.0. The Morgan fingerprint density at radius 1 is 1.13 bits per heavy atom. The largest absolute Gasteiger partial charge is 0.486 e. The summed E-state index contributed by atoms with van der Waals surface area (Å²) in [5.41, 5.74) is 1.90. The van der Waals surface area contributed by atoms with Crippen molar-refractivity contribution in [1.82, 2.24) is 4.90 Å². The highest BCUT2D eigenvalue weighted by molar-refractivity contribution is 5.90. The van der Waals surface area contributed by atoms with Crippen molar-refractivity contribution in [1.29, 1.82) is 0 Å². The van der Waals surface area contributed by atoms with Crippen LogP contribution in [-0.4, -0.2) is 37.2 Å². The summed E-state index contributed by atoms with van der Waals surface area (Å²) < 4.78 is 39.1. The predicted octanol–water partition coefficient (Wildman–Crippen LogP) is 5.23. The summed E-state index contributed by atoms with van der Waals surface area (Å²) in [5.74, 6) is -1.11. The van der Waals surface area contributed by atoms with Crippen LogP contribution in [0, 0.1) is 11.6 Å². The van der Waals surface area contributed by atoms with Gasteiger partial charge in [-0.05, 0) is 80.5 Å². The first kappa shape index (κ1) is 20.8. The van der Waals surface area contributed by atoms with Crippen LogP contribution in [0.4, 0.5) is 8.78 Å². The quantitative estimate of drug-likeness (QED) is 0.606. The molecule has 6 heteroatoms. The maximum atomic E-state index is 15.0. The highest BCUT2D eigenvalue weighted by Crippen LogP contribution is 2.42. The fourth-order valence-corrected chi connectivity index (χ4v) is 4.16. The van der Waals surface area contributed by atoms with E-state index in [1.807, 2.05) is 0 Å². The van der Waals surface area contributed by atoms with Crippen molar-refractivity contribution in [3.63, 3.8) is 0 Å². The molecule has 0 N–H and O–H groups in total. The van der Waals surface area contributed by atoms with E-state index in [0.717, 1.165) is 43.4 Å². The SMILES string of the molecule is COC(=O)c1cc(C2CC2)cc(O[C@@H]2CCCN([C@H](C)c3ccc(F)cc3)C2)c1F. The summed E-state index contributed by atoms with van der Waals surface area (Å²) in [6.07, 6.45) is 3.63. The molecule has 1 saturated heterocycles. The standard InChI is InChI=1S/C24H27F2NO3/c1-15(16-7-9-19(25)10-8-16)27-11-3-4-20(14-27)30-22-13-18(17-5-6-17)12-21(23(22)26)24(28)29-2/h7-10,12-13,15,17,20H,3-6,11,14H2,1-2H3/t15-,20-/m1/s1. The third-order valence-corrected chi connectivity index (χ3v) is 6.12. The molecule has 2 aromatic rings. The minimum Gasteiger partial charge on any atom is -0.486 e. The topological polar surface area (TPSA) is 38.8 Å². The summed E-state index contributed by atoms with van der Waals surface area (Å²) in [7, 11) is 1.25. The van der Waals surface area contributed by atoms with E-state index in [1.54, 1.807) is 24.3 Å². The molecule has 4 nitrogen and oxygen atoms in total. The van der Waals surface area contributed by atoms with E-state index in [9.17, 15) is 9.18 Å². The zero-order valence-corrected chi connectivity index (χ0v) is 17.4. The monoisotopic (exact) mass is 415 g/mol. The van der Waals surface area contributed by atoms with Crippen LogP contribution in [0.5, 0.6) is 5.75 Å². The second-order valence-corrected chi connectivity index (χ2v) is 8.25. The van der Waals surface area contributed by atoms with Crippen LogP contribution < -0.4 is 4.74 Å². The number of carbonyl (C=O) groups excluding carboxylic acids is 1. The van der Waals surface area contributed by atoms with Crippen molar-refractivity contribution < 1.29 is 23.0 Å². The molecule has 0 spiro atoms. The average Bonchev–Trinajstić information content (AvgIpc) is 3.60. The maximum Gasteiger partial charge on any atom is 0.341 e. The van der Waals surface area contributed by atoms with Crippen LogP contribution in [0.3, 0.4) is 0 Å². The molecule has 0 radical (unpaired) electrons. The van der Waals surface area contributed by atoms with Gasteiger partial charge in [0.2, 0.25) is 0 Å². The Bertz CT molecular complexity index is 911. The Morgan fingerprint density at radius 2 is 1.87 bits per heavy atom. The lowest BCUT2D eigenvalue weighted by molar-refractivity contribution is 0.0574. The van der Waals surface area contributed by atoms with Gasteiger partial charge >= 0.3 is 5.97 Å². The lowest BCUT2D eigenvalue weighted by atomic mass is 10.0. The van der Waals surface area contributed by atoms with Crippen molar-refractivity contribution in [3.05, 3.63) is 64.7 Å². The van der Waals surface area contributed by atoms with Crippen LogP contribution in [0.1, 0.15) is 66.1 Å². The summed E-state index contributed by atoms with van der Waals surface area (Å²) in [6.45, 7) is 3.62. The first-order valence-electron chi connectivity index (χ1n) is 10.5. The summed E-state index contributed by atoms with van der Waals surface area (Å²) >= 11 is 0. The number of methoxy groups -OCH3 is 1. The molecule has 4 rings (SSSR count). The highest BCUT2D eigenvalue weighted by Gasteiger charge is 2.30. The number of hydrogen-bond acceptors (Lipinski definition) is 4. The molecule has 0 aromatic heterocycles. The Balaban J connectivity index is 1.51. The van der Waals surface area contributed by atoms with E-state index in [4.69, 9.17) is 9.47 Å². The van der Waals surface area contributed by atoms with Gasteiger partial charge in [-0.25, -0.2) is 13.6 Å². The average molecular weight is 415 g/mol. The minimum absolute atomic E-state index is 0.0655. The third kappa shape index (κ3) is 4.48. The summed E-state index contributed by atoms with van der Waals surface area (Å²) in [5, 5.41) is 0. The molecule has 0 bridgehead atoms. The fourth-order valence-electron chi connectivity index (χ4n) is 4.16. The number of likely N-dealkylation sites (tertiary alicyclic amines) is 1. The predicted molar refractivity (Wildman–Crippen MR) is 110 cm³/mol. The van der Waals surface area contributed by atoms with Crippen molar-refractivity contribution in [2.45, 2.75) is 50.7 Å². The van der Waals surface area contributed by atoms with E-state index < -0.39 is 11.8 Å². The molecule has 30 heavy (non-hydrogen) atoms. The number of halogens is 2. The smallest absolute Gasteiger partial charge is 0.341 e. The van der Waals surface area contributed by atoms with Crippen molar-refractivity contribution in [2.24, 2.45) is 0 Å². The first-order valence-corrected chi connectivity index (χ1v) is 10.5. The van der Waals surface area contributed by atoms with Crippen LogP contribution in [-0.2, 0) is 4.74 Å². The summed E-state index contributed by atoms with van der Waals surface area (Å²) in [4.78, 5) is 14.3. The molecule has 1 aliphatic carbocycles. The zero-order chi connectivity index (χ0) is 21.3. The van der Waals surface area contributed by atoms with Gasteiger partial charge in [-0.15, -0.1) is 0 Å². The van der Waals surface area contributed by atoms with Crippen LogP contribution in [0.25, 0.3) is 0 Å². The Hall–Kier alpha value is -2.47. The number of benzene rings is 2. The van der Waals surface area contributed by atoms with E-state index >= 15 is 4.39 Å². The van der Waals surface area contributed by atoms with Crippen LogP contribution in [0.2, 0.25) is 0 Å². The van der Waals surface area contributed by atoms with E-state index in [1.165, 1.54) is 19.2 Å². The molecule has 2 aliphatic rings. The summed E-state index contributed by atoms with van der Waals surface area (Å²) in [6, 6.07) is 9.97. The Kier molecular flexibility index (Phi) is 6.04. The zero-order valence-electron chi connectivity index (χ0n) is 17.4. The van der Waals surface area contributed by atoms with Gasteiger partial charge in [-0.2, -0.15) is 0 Å². The van der Waals surface area contributed by atoms with Gasteiger partial charge in [0.1, 0.15) is 11.9 Å². The number of nitrogens with zero attached hydrogens (tertiary/aromatic N) is 1. The minimum atomic E-state index is -0.685. The second-order valence-electron chi connectivity index (χ2n) is 8.25. The molecule has 0 unspecified atom stereocenters. The highest BCUT2D eigenvalue weighted by atomic mass is 19.1. The third-order valence-electron chi connectivity index (χ3n) is 6.12.